The molecule has 0 aromatic carbocycles. The molecule has 0 atom stereocenters. The van der Waals surface area contributed by atoms with Crippen molar-refractivity contribution in [3.8, 4) is 0 Å². The largest absolute Gasteiger partial charge is 1.00 e. The predicted octanol–water partition coefficient (Wildman–Crippen LogP) is 1.78. The lowest BCUT2D eigenvalue weighted by Gasteiger charge is -2.34. The van der Waals surface area contributed by atoms with Gasteiger partial charge < -0.3 is 31.8 Å². The molecule has 0 radical (unpaired) electrons. The van der Waals surface area contributed by atoms with Gasteiger partial charge in [0.05, 0.1) is 33.3 Å². The smallest absolute Gasteiger partial charge is 0.0806 e. The van der Waals surface area contributed by atoms with E-state index in [4.69, 9.17) is 14.9 Å². The Morgan fingerprint density at radius 1 is 0.643 bits per heavy atom. The molecule has 0 aromatic heterocycles. The van der Waals surface area contributed by atoms with E-state index in [1.807, 2.05) is 0 Å². The molecule has 5 heteroatoms. The normalized spacial score (nSPS) is 11.8. The van der Waals surface area contributed by atoms with E-state index < -0.39 is 0 Å². The van der Waals surface area contributed by atoms with Crippen molar-refractivity contribution in [2.75, 3.05) is 53.1 Å². The van der Waals surface area contributed by atoms with Crippen molar-refractivity contribution in [3.05, 3.63) is 0 Å². The summed E-state index contributed by atoms with van der Waals surface area (Å²) >= 11 is 0. The van der Waals surface area contributed by atoms with Crippen LogP contribution < -0.4 is 12.4 Å². The van der Waals surface area contributed by atoms with Gasteiger partial charge in [0.25, 0.3) is 0 Å². The fourth-order valence-electron chi connectivity index (χ4n) is 3.71. The molecule has 0 saturated heterocycles. The molecular formula is C23H50ClNO3. The van der Waals surface area contributed by atoms with Crippen LogP contribution in [0.25, 0.3) is 0 Å². The average Bonchev–Trinajstić information content (AvgIpc) is 2.65. The summed E-state index contributed by atoms with van der Waals surface area (Å²) < 4.78 is 6.74. The SMILES string of the molecule is CC(C)CCCCCCCCCCOCCC[N+](C)(CCCO)CCCO.[Cl-]. The van der Waals surface area contributed by atoms with Gasteiger partial charge in [-0.2, -0.15) is 0 Å². The van der Waals surface area contributed by atoms with E-state index in [0.717, 1.165) is 62.5 Å². The first-order valence-electron chi connectivity index (χ1n) is 11.7. The molecule has 0 fully saturated rings. The van der Waals surface area contributed by atoms with Crippen LogP contribution in [0.4, 0.5) is 0 Å². The summed E-state index contributed by atoms with van der Waals surface area (Å²) in [6.45, 7) is 9.89. The van der Waals surface area contributed by atoms with E-state index in [0.29, 0.717) is 0 Å². The Kier molecular flexibility index (Phi) is 23.6. The zero-order valence-electron chi connectivity index (χ0n) is 19.1. The number of ether oxygens (including phenoxy) is 1. The predicted molar refractivity (Wildman–Crippen MR) is 116 cm³/mol. The van der Waals surface area contributed by atoms with Crippen molar-refractivity contribution in [3.63, 3.8) is 0 Å². The van der Waals surface area contributed by atoms with Gasteiger partial charge in [-0.1, -0.05) is 65.2 Å². The lowest BCUT2D eigenvalue weighted by atomic mass is 10.0. The zero-order valence-corrected chi connectivity index (χ0v) is 19.9. The van der Waals surface area contributed by atoms with Crippen LogP contribution in [0.3, 0.4) is 0 Å². The monoisotopic (exact) mass is 423 g/mol. The van der Waals surface area contributed by atoms with Gasteiger partial charge in [-0.05, 0) is 12.3 Å². The number of unbranched alkanes of at least 4 members (excludes halogenated alkanes) is 7. The number of hydrogen-bond donors (Lipinski definition) is 2. The molecule has 28 heavy (non-hydrogen) atoms. The van der Waals surface area contributed by atoms with E-state index in [2.05, 4.69) is 20.9 Å². The standard InChI is InChI=1S/C23H50NO3.ClH/c1-23(2)15-10-8-6-4-5-7-9-11-21-27-22-14-18-24(3,16-12-19-25)17-13-20-26;/h23,25-26H,4-22H2,1-3H3;1H/q+1;/p-1. The molecule has 2 N–H and O–H groups in total. The second kappa shape index (κ2) is 21.8. The Labute approximate surface area is 182 Å². The minimum atomic E-state index is 0. The quantitative estimate of drug-likeness (QED) is 0.218. The third-order valence-electron chi connectivity index (χ3n) is 5.52. The molecule has 0 unspecified atom stereocenters. The van der Waals surface area contributed by atoms with E-state index in [1.54, 1.807) is 0 Å². The van der Waals surface area contributed by atoms with E-state index in [1.165, 1.54) is 57.8 Å². The maximum Gasteiger partial charge on any atom is 0.0806 e. The fraction of sp³-hybridized carbons (Fsp3) is 1.00. The van der Waals surface area contributed by atoms with Gasteiger partial charge in [-0.3, -0.25) is 0 Å². The Morgan fingerprint density at radius 3 is 1.57 bits per heavy atom. The van der Waals surface area contributed by atoms with E-state index in [9.17, 15) is 0 Å². The molecule has 0 aromatic rings. The number of rotatable bonds is 21. The summed E-state index contributed by atoms with van der Waals surface area (Å²) in [6.07, 6.45) is 15.0. The lowest BCUT2D eigenvalue weighted by molar-refractivity contribution is -0.910. The molecule has 0 rings (SSSR count). The Balaban J connectivity index is 0. The minimum Gasteiger partial charge on any atom is -1.00 e. The van der Waals surface area contributed by atoms with Gasteiger partial charge in [0.2, 0.25) is 0 Å². The third kappa shape index (κ3) is 20.9. The van der Waals surface area contributed by atoms with Crippen molar-refractivity contribution < 1.29 is 31.8 Å². The third-order valence-corrected chi connectivity index (χ3v) is 5.52. The molecule has 0 spiro atoms. The van der Waals surface area contributed by atoms with Crippen LogP contribution in [-0.2, 0) is 4.74 Å². The van der Waals surface area contributed by atoms with Crippen LogP contribution in [-0.4, -0.2) is 67.8 Å². The van der Waals surface area contributed by atoms with Crippen LogP contribution in [0.1, 0.15) is 90.9 Å². The number of aliphatic hydroxyl groups excluding tert-OH is 2. The van der Waals surface area contributed by atoms with Gasteiger partial charge in [0.15, 0.2) is 0 Å². The molecule has 0 aliphatic rings. The van der Waals surface area contributed by atoms with Gasteiger partial charge in [0.1, 0.15) is 0 Å². The van der Waals surface area contributed by atoms with Crippen molar-refractivity contribution in [1.29, 1.82) is 0 Å². The first-order valence-corrected chi connectivity index (χ1v) is 11.7. The second-order valence-electron chi connectivity index (χ2n) is 8.92. The summed E-state index contributed by atoms with van der Waals surface area (Å²) in [4.78, 5) is 0. The van der Waals surface area contributed by atoms with Crippen molar-refractivity contribution in [2.45, 2.75) is 90.9 Å². The van der Waals surface area contributed by atoms with Crippen LogP contribution in [0.2, 0.25) is 0 Å². The highest BCUT2D eigenvalue weighted by molar-refractivity contribution is 4.50. The number of aliphatic hydroxyl groups is 2. The molecule has 0 aliphatic heterocycles. The maximum absolute atomic E-state index is 9.07. The first-order chi connectivity index (χ1) is 13.0. The van der Waals surface area contributed by atoms with E-state index in [-0.39, 0.29) is 25.6 Å². The topological polar surface area (TPSA) is 49.7 Å². The molecular weight excluding hydrogens is 374 g/mol. The van der Waals surface area contributed by atoms with Crippen LogP contribution in [0.5, 0.6) is 0 Å². The van der Waals surface area contributed by atoms with Crippen molar-refractivity contribution in [2.24, 2.45) is 5.92 Å². The maximum atomic E-state index is 9.07. The van der Waals surface area contributed by atoms with Crippen molar-refractivity contribution >= 4 is 0 Å². The number of nitrogens with zero attached hydrogens (tertiary/aromatic N) is 1. The Hall–Kier alpha value is 0.130. The van der Waals surface area contributed by atoms with Gasteiger partial charge in [-0.15, -0.1) is 0 Å². The first kappa shape index (κ1) is 30.3. The summed E-state index contributed by atoms with van der Waals surface area (Å²) in [5, 5.41) is 18.1. The number of halogens is 1. The zero-order chi connectivity index (χ0) is 20.2. The molecule has 172 valence electrons. The minimum absolute atomic E-state index is 0. The summed E-state index contributed by atoms with van der Waals surface area (Å²) in [5.74, 6) is 0.860. The molecule has 0 saturated carbocycles. The number of hydrogen-bond acceptors (Lipinski definition) is 3. The van der Waals surface area contributed by atoms with Crippen molar-refractivity contribution in [1.82, 2.24) is 0 Å². The van der Waals surface area contributed by atoms with Gasteiger partial charge in [0, 0.05) is 39.1 Å². The molecule has 0 amide bonds. The molecule has 0 heterocycles. The van der Waals surface area contributed by atoms with Gasteiger partial charge >= 0.3 is 0 Å². The highest BCUT2D eigenvalue weighted by Crippen LogP contribution is 2.12. The summed E-state index contributed by atoms with van der Waals surface area (Å²) in [7, 11) is 2.23. The molecule has 0 bridgehead atoms. The van der Waals surface area contributed by atoms with E-state index >= 15 is 0 Å². The Bertz CT molecular complexity index is 296. The average molecular weight is 424 g/mol. The fourth-order valence-corrected chi connectivity index (χ4v) is 3.71. The lowest BCUT2D eigenvalue weighted by Crippen LogP contribution is -3.00. The highest BCUT2D eigenvalue weighted by atomic mass is 35.5. The number of quaternary nitrogens is 1. The second-order valence-corrected chi connectivity index (χ2v) is 8.92. The molecule has 0 aliphatic carbocycles. The van der Waals surface area contributed by atoms with Gasteiger partial charge in [-0.25, -0.2) is 0 Å². The Morgan fingerprint density at radius 2 is 1.07 bits per heavy atom. The molecule has 4 nitrogen and oxygen atoms in total. The summed E-state index contributed by atoms with van der Waals surface area (Å²) in [6, 6.07) is 0. The van der Waals surface area contributed by atoms with Crippen LogP contribution in [0, 0.1) is 5.92 Å². The van der Waals surface area contributed by atoms with Crippen LogP contribution in [0.15, 0.2) is 0 Å². The highest BCUT2D eigenvalue weighted by Gasteiger charge is 2.19. The summed E-state index contributed by atoms with van der Waals surface area (Å²) in [5.41, 5.74) is 0. The van der Waals surface area contributed by atoms with Crippen LogP contribution >= 0.6 is 0 Å².